The van der Waals surface area contributed by atoms with E-state index in [2.05, 4.69) is 25.9 Å². The molecule has 1 unspecified atom stereocenters. The number of hydrogen-bond donors (Lipinski definition) is 1. The van der Waals surface area contributed by atoms with Crippen LogP contribution in [0.2, 0.25) is 0 Å². The molecule has 0 saturated carbocycles. The van der Waals surface area contributed by atoms with Crippen molar-refractivity contribution >= 4 is 0 Å². The van der Waals surface area contributed by atoms with E-state index in [0.717, 1.165) is 25.3 Å². The van der Waals surface area contributed by atoms with Crippen molar-refractivity contribution in [2.45, 2.75) is 26.2 Å². The molecule has 0 rings (SSSR count). The first kappa shape index (κ1) is 10.9. The summed E-state index contributed by atoms with van der Waals surface area (Å²) >= 11 is 0. The van der Waals surface area contributed by atoms with Gasteiger partial charge in [-0.1, -0.05) is 6.92 Å². The van der Waals surface area contributed by atoms with Crippen LogP contribution in [0.25, 0.3) is 0 Å². The van der Waals surface area contributed by atoms with Gasteiger partial charge in [0.2, 0.25) is 0 Å². The summed E-state index contributed by atoms with van der Waals surface area (Å²) in [6.07, 6.45) is 3.35. The van der Waals surface area contributed by atoms with E-state index in [-0.39, 0.29) is 0 Å². The van der Waals surface area contributed by atoms with Crippen LogP contribution >= 0.6 is 0 Å². The Morgan fingerprint density at radius 2 is 1.91 bits per heavy atom. The van der Waals surface area contributed by atoms with Crippen molar-refractivity contribution in [2.75, 3.05) is 27.2 Å². The van der Waals surface area contributed by atoms with Crippen LogP contribution in [0.1, 0.15) is 26.2 Å². The average Bonchev–Trinajstić information content (AvgIpc) is 1.97. The van der Waals surface area contributed by atoms with Crippen molar-refractivity contribution in [2.24, 2.45) is 5.92 Å². The van der Waals surface area contributed by atoms with Crippen LogP contribution < -0.4 is 0 Å². The maximum Gasteiger partial charge on any atom is 0.0431 e. The van der Waals surface area contributed by atoms with Crippen LogP contribution in [-0.2, 0) is 0 Å². The second-order valence-corrected chi connectivity index (χ2v) is 3.56. The van der Waals surface area contributed by atoms with Crippen LogP contribution in [0.5, 0.6) is 0 Å². The van der Waals surface area contributed by atoms with Crippen LogP contribution in [0.15, 0.2) is 0 Å². The van der Waals surface area contributed by atoms with Gasteiger partial charge in [0.15, 0.2) is 0 Å². The topological polar surface area (TPSA) is 23.5 Å². The smallest absolute Gasteiger partial charge is 0.0431 e. The van der Waals surface area contributed by atoms with Gasteiger partial charge >= 0.3 is 0 Å². The van der Waals surface area contributed by atoms with Gasteiger partial charge in [0.25, 0.3) is 0 Å². The highest BCUT2D eigenvalue weighted by molar-refractivity contribution is 4.55. The molecule has 0 aliphatic heterocycles. The summed E-state index contributed by atoms with van der Waals surface area (Å²) < 4.78 is 0. The van der Waals surface area contributed by atoms with E-state index in [0.29, 0.717) is 6.61 Å². The zero-order valence-electron chi connectivity index (χ0n) is 8.01. The van der Waals surface area contributed by atoms with Crippen molar-refractivity contribution in [3.63, 3.8) is 0 Å². The maximum absolute atomic E-state index is 8.58. The lowest BCUT2D eigenvalue weighted by Gasteiger charge is -2.14. The number of aliphatic hydroxyl groups is 1. The van der Waals surface area contributed by atoms with Crippen molar-refractivity contribution in [3.8, 4) is 0 Å². The standard InChI is InChI=1S/C9H21NO/c1-9(5-4-8-11)6-7-10(2)3/h9,11H,4-8H2,1-3H3. The Balaban J connectivity index is 3.15. The summed E-state index contributed by atoms with van der Waals surface area (Å²) in [6.45, 7) is 3.75. The second-order valence-electron chi connectivity index (χ2n) is 3.56. The summed E-state index contributed by atoms with van der Waals surface area (Å²) in [6, 6.07) is 0. The molecule has 68 valence electrons. The minimum atomic E-state index is 0.340. The molecule has 0 heterocycles. The van der Waals surface area contributed by atoms with Crippen molar-refractivity contribution in [1.29, 1.82) is 0 Å². The van der Waals surface area contributed by atoms with Crippen molar-refractivity contribution < 1.29 is 5.11 Å². The lowest BCUT2D eigenvalue weighted by Crippen LogP contribution is -2.15. The highest BCUT2D eigenvalue weighted by atomic mass is 16.2. The Morgan fingerprint density at radius 3 is 2.36 bits per heavy atom. The fraction of sp³-hybridized carbons (Fsp3) is 1.00. The maximum atomic E-state index is 8.58. The third-order valence-electron chi connectivity index (χ3n) is 1.92. The van der Waals surface area contributed by atoms with Gasteiger partial charge in [-0.05, 0) is 45.8 Å². The molecule has 0 aromatic heterocycles. The van der Waals surface area contributed by atoms with Gasteiger partial charge in [-0.2, -0.15) is 0 Å². The summed E-state index contributed by atoms with van der Waals surface area (Å²) in [5, 5.41) is 8.58. The third-order valence-corrected chi connectivity index (χ3v) is 1.92. The first-order chi connectivity index (χ1) is 5.16. The monoisotopic (exact) mass is 159 g/mol. The number of aliphatic hydroxyl groups excluding tert-OH is 1. The molecule has 0 aliphatic carbocycles. The molecule has 2 heteroatoms. The molecule has 0 aromatic carbocycles. The predicted molar refractivity (Wildman–Crippen MR) is 48.7 cm³/mol. The molecule has 1 atom stereocenters. The van der Waals surface area contributed by atoms with Gasteiger partial charge in [0, 0.05) is 6.61 Å². The Morgan fingerprint density at radius 1 is 1.27 bits per heavy atom. The summed E-state index contributed by atoms with van der Waals surface area (Å²) in [5.41, 5.74) is 0. The van der Waals surface area contributed by atoms with Crippen molar-refractivity contribution in [1.82, 2.24) is 4.90 Å². The molecule has 0 fully saturated rings. The van der Waals surface area contributed by atoms with Gasteiger partial charge in [-0.25, -0.2) is 0 Å². The van der Waals surface area contributed by atoms with Crippen LogP contribution in [0, 0.1) is 5.92 Å². The van der Waals surface area contributed by atoms with Gasteiger partial charge in [-0.3, -0.25) is 0 Å². The van der Waals surface area contributed by atoms with E-state index in [1.54, 1.807) is 0 Å². The molecular weight excluding hydrogens is 138 g/mol. The zero-order valence-corrected chi connectivity index (χ0v) is 8.01. The van der Waals surface area contributed by atoms with Crippen LogP contribution in [0.3, 0.4) is 0 Å². The van der Waals surface area contributed by atoms with Crippen LogP contribution in [0.4, 0.5) is 0 Å². The van der Waals surface area contributed by atoms with Crippen molar-refractivity contribution in [3.05, 3.63) is 0 Å². The molecule has 0 radical (unpaired) electrons. The third kappa shape index (κ3) is 7.82. The zero-order chi connectivity index (χ0) is 8.69. The van der Waals surface area contributed by atoms with E-state index in [9.17, 15) is 0 Å². The Labute approximate surface area is 70.2 Å². The average molecular weight is 159 g/mol. The Bertz CT molecular complexity index is 83.6. The first-order valence-electron chi connectivity index (χ1n) is 4.42. The SMILES string of the molecule is CC(CCCO)CCN(C)C. The number of hydrogen-bond acceptors (Lipinski definition) is 2. The number of nitrogens with zero attached hydrogens (tertiary/aromatic N) is 1. The minimum absolute atomic E-state index is 0.340. The second kappa shape index (κ2) is 6.62. The minimum Gasteiger partial charge on any atom is -0.396 e. The van der Waals surface area contributed by atoms with Crippen LogP contribution in [-0.4, -0.2) is 37.3 Å². The summed E-state index contributed by atoms with van der Waals surface area (Å²) in [4.78, 5) is 2.20. The van der Waals surface area contributed by atoms with E-state index < -0.39 is 0 Å². The van der Waals surface area contributed by atoms with Gasteiger partial charge < -0.3 is 10.0 Å². The van der Waals surface area contributed by atoms with Gasteiger partial charge in [0.05, 0.1) is 0 Å². The first-order valence-corrected chi connectivity index (χ1v) is 4.42. The van der Waals surface area contributed by atoms with E-state index in [4.69, 9.17) is 5.11 Å². The van der Waals surface area contributed by atoms with E-state index in [1.807, 2.05) is 0 Å². The quantitative estimate of drug-likeness (QED) is 0.632. The molecule has 0 saturated heterocycles. The van der Waals surface area contributed by atoms with Gasteiger partial charge in [0.1, 0.15) is 0 Å². The molecule has 11 heavy (non-hydrogen) atoms. The summed E-state index contributed by atoms with van der Waals surface area (Å²) in [5.74, 6) is 0.754. The molecule has 0 aromatic rings. The molecule has 0 spiro atoms. The van der Waals surface area contributed by atoms with Gasteiger partial charge in [-0.15, -0.1) is 0 Å². The Kier molecular flexibility index (Phi) is 6.57. The molecule has 0 bridgehead atoms. The highest BCUT2D eigenvalue weighted by Crippen LogP contribution is 2.09. The largest absolute Gasteiger partial charge is 0.396 e. The number of rotatable bonds is 6. The molecule has 1 N–H and O–H groups in total. The predicted octanol–water partition coefficient (Wildman–Crippen LogP) is 1.35. The van der Waals surface area contributed by atoms with E-state index >= 15 is 0 Å². The molecule has 0 aliphatic rings. The lowest BCUT2D eigenvalue weighted by molar-refractivity contribution is 0.266. The normalized spacial score (nSPS) is 13.9. The Hall–Kier alpha value is -0.0800. The highest BCUT2D eigenvalue weighted by Gasteiger charge is 2.01. The molecule has 2 nitrogen and oxygen atoms in total. The van der Waals surface area contributed by atoms with E-state index in [1.165, 1.54) is 6.42 Å². The molecular formula is C9H21NO. The fourth-order valence-corrected chi connectivity index (χ4v) is 1.06. The summed E-state index contributed by atoms with van der Waals surface area (Å²) in [7, 11) is 4.19. The molecule has 0 amide bonds. The lowest BCUT2D eigenvalue weighted by atomic mass is 10.0. The fourth-order valence-electron chi connectivity index (χ4n) is 1.06.